The molecule has 38 valence electrons. The molecule has 6 heteroatoms. The van der Waals surface area contributed by atoms with E-state index in [1.165, 1.54) is 0 Å². The number of carbonyl (C=O) groups is 1. The van der Waals surface area contributed by atoms with Gasteiger partial charge in [0.25, 0.3) is 0 Å². The van der Waals surface area contributed by atoms with E-state index in [0.717, 1.165) is 0 Å². The summed E-state index contributed by atoms with van der Waals surface area (Å²) in [4.78, 5) is 8.33. The van der Waals surface area contributed by atoms with Gasteiger partial charge in [-0.25, -0.2) is 0 Å². The monoisotopic (exact) mass is 172 g/mol. The maximum absolute atomic E-state index is 8.38. The average molecular weight is 172 g/mol. The fourth-order valence-electron chi connectivity index (χ4n) is 0. The minimum atomic E-state index is -2.33. The van der Waals surface area contributed by atoms with Gasteiger partial charge in [-0.05, 0) is 6.16 Å². The normalized spacial score (nSPS) is 4.29. The van der Waals surface area contributed by atoms with Gasteiger partial charge < -0.3 is 15.0 Å². The van der Waals surface area contributed by atoms with Crippen LogP contribution >= 0.6 is 0 Å². The molecule has 0 heterocycles. The van der Waals surface area contributed by atoms with Crippen LogP contribution in [0.1, 0.15) is 0 Å². The van der Waals surface area contributed by atoms with Crippen molar-refractivity contribution < 1.29 is 33.5 Å². The van der Waals surface area contributed by atoms with E-state index < -0.39 is 6.16 Å². The fraction of sp³-hybridized carbons (Fsp3) is 0. The summed E-state index contributed by atoms with van der Waals surface area (Å²) in [5.41, 5.74) is 0. The third-order valence-electron chi connectivity index (χ3n) is 0. The Morgan fingerprint density at radius 2 is 1.29 bits per heavy atom. The fourth-order valence-corrected chi connectivity index (χ4v) is 0. The summed E-state index contributed by atoms with van der Waals surface area (Å²) in [5, 5.41) is 16.7. The van der Waals surface area contributed by atoms with Crippen LogP contribution in [0.25, 0.3) is 0 Å². The van der Waals surface area contributed by atoms with Crippen LogP contribution in [0.5, 0.6) is 0 Å². The Hall–Kier alpha value is 0.849. The van der Waals surface area contributed by atoms with E-state index in [1.807, 2.05) is 0 Å². The molecule has 0 aliphatic heterocycles. The molecule has 0 N–H and O–H groups in total. The number of carboxylic acid groups (broad SMARTS) is 2. The van der Waals surface area contributed by atoms with Gasteiger partial charge in [0, 0.05) is 0 Å². The average Bonchev–Trinajstić information content (AvgIpc) is 1.41. The Morgan fingerprint density at radius 1 is 1.29 bits per heavy atom. The summed E-state index contributed by atoms with van der Waals surface area (Å²) < 4.78 is 8.38. The van der Waals surface area contributed by atoms with Gasteiger partial charge in [0.1, 0.15) is 0 Å². The molecule has 7 heavy (non-hydrogen) atoms. The first-order valence-electron chi connectivity index (χ1n) is 0.901. The number of hydrogen-bond donors (Lipinski definition) is 0. The van der Waals surface area contributed by atoms with Crippen LogP contribution < -0.4 is 10.2 Å². The molecule has 0 aliphatic carbocycles. The van der Waals surface area contributed by atoms with E-state index in [4.69, 9.17) is 16.4 Å². The number of rotatable bonds is 0. The van der Waals surface area contributed by atoms with Crippen LogP contribution in [0.3, 0.4) is 0 Å². The predicted octanol–water partition coefficient (Wildman–Crippen LogP) is -2.95. The van der Waals surface area contributed by atoms with E-state index in [1.54, 1.807) is 0 Å². The summed E-state index contributed by atoms with van der Waals surface area (Å²) >= 11 is 0.125. The first kappa shape index (κ1) is 15.7. The molecule has 0 rings (SSSR count). The van der Waals surface area contributed by atoms with Crippen LogP contribution in [-0.4, -0.2) is 42.0 Å². The molecule has 0 unspecified atom stereocenters. The molecule has 0 radical (unpaired) electrons. The van der Waals surface area contributed by atoms with Gasteiger partial charge in [-0.1, -0.05) is 0 Å². The molecule has 0 amide bonds. The van der Waals surface area contributed by atoms with E-state index in [0.29, 0.717) is 0 Å². The van der Waals surface area contributed by atoms with Crippen molar-refractivity contribution >= 4 is 42.0 Å². The second-order valence-corrected chi connectivity index (χ2v) is 0.250. The molecule has 0 saturated carbocycles. The van der Waals surface area contributed by atoms with Crippen molar-refractivity contribution in [3.63, 3.8) is 0 Å². The van der Waals surface area contributed by atoms with Crippen LogP contribution in [0.2, 0.25) is 0 Å². The van der Waals surface area contributed by atoms with E-state index in [9.17, 15) is 0 Å². The summed E-state index contributed by atoms with van der Waals surface area (Å²) in [6.07, 6.45) is -2.33. The van der Waals surface area contributed by atoms with E-state index >= 15 is 0 Å². The van der Waals surface area contributed by atoms with Gasteiger partial charge >= 0.3 is 54.4 Å². The summed E-state index contributed by atoms with van der Waals surface area (Å²) in [7, 11) is 0. The Kier molecular flexibility index (Phi) is 35.4. The first-order chi connectivity index (χ1) is 2.73. The predicted molar refractivity (Wildman–Crippen MR) is 11.8 cm³/mol. The standard InChI is InChI=1S/CH2O3.Ca.Fe.O/c2-1(3)4;;;/h(H2,2,3,4);;;/q;;+2;/p-2. The van der Waals surface area contributed by atoms with Crippen LogP contribution in [0.15, 0.2) is 0 Å². The quantitative estimate of drug-likeness (QED) is 0.366. The van der Waals surface area contributed by atoms with E-state index in [-0.39, 0.29) is 53.0 Å². The van der Waals surface area contributed by atoms with Crippen molar-refractivity contribution in [1.29, 1.82) is 0 Å². The Labute approximate surface area is 74.8 Å². The number of hydrogen-bond acceptors (Lipinski definition) is 4. The molecule has 0 saturated heterocycles. The van der Waals surface area contributed by atoms with Gasteiger partial charge in [-0.3, -0.25) is 0 Å². The summed E-state index contributed by atoms with van der Waals surface area (Å²) in [5.74, 6) is 0. The van der Waals surface area contributed by atoms with Gasteiger partial charge in [0.15, 0.2) is 0 Å². The molecule has 0 bridgehead atoms. The van der Waals surface area contributed by atoms with Gasteiger partial charge in [0.05, 0.1) is 0 Å². The van der Waals surface area contributed by atoms with Crippen molar-refractivity contribution in [1.82, 2.24) is 0 Å². The van der Waals surface area contributed by atoms with Crippen molar-refractivity contribution in [2.75, 3.05) is 0 Å². The molecule has 0 aromatic rings. The van der Waals surface area contributed by atoms with Crippen LogP contribution in [-0.2, 0) is 18.5 Å². The van der Waals surface area contributed by atoms with Crippen LogP contribution in [0, 0.1) is 0 Å². The molecule has 0 atom stereocenters. The molecular weight excluding hydrogens is 172 g/mol. The van der Waals surface area contributed by atoms with Crippen molar-refractivity contribution in [2.24, 2.45) is 0 Å². The third kappa shape index (κ3) is 223. The molecule has 0 spiro atoms. The Bertz CT molecular complexity index is 43.0. The molecule has 0 aromatic carbocycles. The zero-order valence-corrected chi connectivity index (χ0v) is 6.51. The molecule has 0 fully saturated rings. The molecule has 0 aliphatic rings. The summed E-state index contributed by atoms with van der Waals surface area (Å²) in [6, 6.07) is 0. The van der Waals surface area contributed by atoms with Crippen molar-refractivity contribution in [3.05, 3.63) is 0 Å². The van der Waals surface area contributed by atoms with Crippen LogP contribution in [0.4, 0.5) is 4.79 Å². The SMILES string of the molecule is O=C([O-])[O-].[Fe+2].[O]=[Ca]. The maximum atomic E-state index is 8.38. The van der Waals surface area contributed by atoms with Gasteiger partial charge in [-0.15, -0.1) is 0 Å². The molecule has 0 aromatic heterocycles. The van der Waals surface area contributed by atoms with Crippen molar-refractivity contribution in [3.8, 4) is 0 Å². The second-order valence-electron chi connectivity index (χ2n) is 0.250. The van der Waals surface area contributed by atoms with Gasteiger partial charge in [-0.2, -0.15) is 0 Å². The summed E-state index contributed by atoms with van der Waals surface area (Å²) in [6.45, 7) is 0. The zero-order valence-electron chi connectivity index (χ0n) is 3.19. The second kappa shape index (κ2) is 15.8. The van der Waals surface area contributed by atoms with Gasteiger partial charge in [0.2, 0.25) is 0 Å². The number of carbonyl (C=O) groups excluding carboxylic acids is 1. The molecule has 4 nitrogen and oxygen atoms in total. The Morgan fingerprint density at radius 3 is 1.29 bits per heavy atom. The van der Waals surface area contributed by atoms with Crippen molar-refractivity contribution in [2.45, 2.75) is 0 Å². The minimum absolute atomic E-state index is 0. The zero-order chi connectivity index (χ0) is 5.58. The van der Waals surface area contributed by atoms with E-state index in [2.05, 4.69) is 0 Å². The third-order valence-corrected chi connectivity index (χ3v) is 0. The molecular formula is CCaFeO4. The topological polar surface area (TPSA) is 80.3 Å². The first-order valence-corrected chi connectivity index (χ1v) is 1.80. The Balaban J connectivity index is -0.0000000480.